The van der Waals surface area contributed by atoms with E-state index in [4.69, 9.17) is 0 Å². The number of nitrogens with one attached hydrogen (secondary N) is 2. The molecule has 1 heterocycles. The van der Waals surface area contributed by atoms with Crippen molar-refractivity contribution in [1.29, 1.82) is 0 Å². The van der Waals surface area contributed by atoms with Crippen molar-refractivity contribution in [3.05, 3.63) is 75.3 Å². The molecule has 8 heteroatoms. The summed E-state index contributed by atoms with van der Waals surface area (Å²) in [5, 5.41) is 17.3. The maximum atomic E-state index is 10.7. The number of nitro groups is 1. The van der Waals surface area contributed by atoms with Crippen LogP contribution in [0, 0.1) is 10.1 Å². The molecule has 0 aliphatic carbocycles. The fourth-order valence-electron chi connectivity index (χ4n) is 3.38. The summed E-state index contributed by atoms with van der Waals surface area (Å²) >= 11 is 0. The smallest absolute Gasteiger partial charge is 0.269 e. The summed E-state index contributed by atoms with van der Waals surface area (Å²) in [6, 6.07) is 15.2. The van der Waals surface area contributed by atoms with Crippen LogP contribution >= 0.6 is 24.0 Å². The number of nitrogens with zero attached hydrogens (tertiary/aromatic N) is 3. The molecule has 1 aliphatic rings. The maximum Gasteiger partial charge on any atom is 0.269 e. The van der Waals surface area contributed by atoms with Gasteiger partial charge in [0.2, 0.25) is 0 Å². The van der Waals surface area contributed by atoms with Crippen molar-refractivity contribution in [2.24, 2.45) is 4.99 Å². The van der Waals surface area contributed by atoms with E-state index >= 15 is 0 Å². The van der Waals surface area contributed by atoms with Gasteiger partial charge in [0.25, 0.3) is 5.69 Å². The van der Waals surface area contributed by atoms with Crippen LogP contribution < -0.4 is 10.6 Å². The van der Waals surface area contributed by atoms with Crippen molar-refractivity contribution in [3.8, 4) is 0 Å². The van der Waals surface area contributed by atoms with Gasteiger partial charge in [0.1, 0.15) is 0 Å². The van der Waals surface area contributed by atoms with Crippen LogP contribution in [0.15, 0.2) is 53.5 Å². The lowest BCUT2D eigenvalue weighted by atomic mass is 10.1. The van der Waals surface area contributed by atoms with Gasteiger partial charge in [-0.15, -0.1) is 24.0 Å². The number of rotatable bonds is 8. The largest absolute Gasteiger partial charge is 0.357 e. The number of non-ortho nitro benzene ring substituents is 1. The second kappa shape index (κ2) is 12.5. The number of benzene rings is 2. The van der Waals surface area contributed by atoms with Gasteiger partial charge in [-0.05, 0) is 49.5 Å². The molecule has 0 atom stereocenters. The molecular formula is C22H30IN5O2. The first-order valence-corrected chi connectivity index (χ1v) is 10.2. The van der Waals surface area contributed by atoms with Gasteiger partial charge in [-0.25, -0.2) is 4.99 Å². The van der Waals surface area contributed by atoms with Gasteiger partial charge < -0.3 is 10.6 Å². The molecule has 3 rings (SSSR count). The average Bonchev–Trinajstić information content (AvgIpc) is 3.24. The third kappa shape index (κ3) is 7.56. The fourth-order valence-corrected chi connectivity index (χ4v) is 3.38. The number of hydrogen-bond acceptors (Lipinski definition) is 4. The Hall–Kier alpha value is -2.20. The number of nitro benzene ring substituents is 1. The van der Waals surface area contributed by atoms with E-state index in [1.54, 1.807) is 12.1 Å². The molecule has 2 N–H and O–H groups in total. The summed E-state index contributed by atoms with van der Waals surface area (Å²) in [4.78, 5) is 17.5. The summed E-state index contributed by atoms with van der Waals surface area (Å²) in [5.74, 6) is 0.729. The van der Waals surface area contributed by atoms with Crippen molar-refractivity contribution < 1.29 is 4.92 Å². The standard InChI is InChI=1S/C22H29N5O2.HI/c1-2-23-22(25-16-19-9-11-21(12-10-19)27(28)29)24-15-18-5-7-20(8-6-18)17-26-13-3-4-14-26;/h5-12H,2-4,13-17H2,1H3,(H2,23,24,25);1H. The lowest BCUT2D eigenvalue weighted by Gasteiger charge is -2.14. The Bertz CT molecular complexity index is 818. The Balaban J connectivity index is 0.00000320. The lowest BCUT2D eigenvalue weighted by molar-refractivity contribution is -0.384. The Labute approximate surface area is 195 Å². The van der Waals surface area contributed by atoms with Gasteiger partial charge in [-0.2, -0.15) is 0 Å². The van der Waals surface area contributed by atoms with E-state index in [1.807, 2.05) is 6.92 Å². The summed E-state index contributed by atoms with van der Waals surface area (Å²) in [6.45, 7) is 7.38. The third-order valence-corrected chi connectivity index (χ3v) is 5.00. The monoisotopic (exact) mass is 523 g/mol. The van der Waals surface area contributed by atoms with Gasteiger partial charge >= 0.3 is 0 Å². The molecule has 0 bridgehead atoms. The quantitative estimate of drug-likeness (QED) is 0.179. The molecule has 1 aliphatic heterocycles. The molecule has 1 saturated heterocycles. The topological polar surface area (TPSA) is 82.8 Å². The maximum absolute atomic E-state index is 10.7. The Morgan fingerprint density at radius 3 is 2.20 bits per heavy atom. The fraction of sp³-hybridized carbons (Fsp3) is 0.409. The molecule has 30 heavy (non-hydrogen) atoms. The summed E-state index contributed by atoms with van der Waals surface area (Å²) < 4.78 is 0. The molecule has 0 unspecified atom stereocenters. The van der Waals surface area contributed by atoms with E-state index in [1.165, 1.54) is 49.2 Å². The number of aliphatic imine (C=N–C) groups is 1. The highest BCUT2D eigenvalue weighted by atomic mass is 127. The van der Waals surface area contributed by atoms with E-state index < -0.39 is 0 Å². The average molecular weight is 523 g/mol. The number of likely N-dealkylation sites (tertiary alicyclic amines) is 1. The van der Waals surface area contributed by atoms with Crippen molar-refractivity contribution in [1.82, 2.24) is 15.5 Å². The molecule has 2 aromatic rings. The second-order valence-electron chi connectivity index (χ2n) is 7.27. The highest BCUT2D eigenvalue weighted by molar-refractivity contribution is 14.0. The number of hydrogen-bond donors (Lipinski definition) is 2. The normalized spacial score (nSPS) is 14.2. The third-order valence-electron chi connectivity index (χ3n) is 5.00. The first-order valence-electron chi connectivity index (χ1n) is 10.2. The molecular weight excluding hydrogens is 493 g/mol. The van der Waals surface area contributed by atoms with Crippen LogP contribution in [-0.4, -0.2) is 35.4 Å². The van der Waals surface area contributed by atoms with Crippen molar-refractivity contribution in [3.63, 3.8) is 0 Å². The van der Waals surface area contributed by atoms with E-state index in [9.17, 15) is 10.1 Å². The van der Waals surface area contributed by atoms with Gasteiger partial charge in [0, 0.05) is 31.8 Å². The van der Waals surface area contributed by atoms with E-state index in [-0.39, 0.29) is 34.6 Å². The molecule has 0 amide bonds. The molecule has 2 aromatic carbocycles. The van der Waals surface area contributed by atoms with Gasteiger partial charge in [0.15, 0.2) is 5.96 Å². The minimum atomic E-state index is -0.390. The first kappa shape index (κ1) is 24.1. The molecule has 7 nitrogen and oxygen atoms in total. The van der Waals surface area contributed by atoms with Crippen LogP contribution in [0.1, 0.15) is 36.5 Å². The molecule has 162 valence electrons. The van der Waals surface area contributed by atoms with Crippen molar-refractivity contribution in [2.45, 2.75) is 39.4 Å². The molecule has 0 saturated carbocycles. The highest BCUT2D eigenvalue weighted by Crippen LogP contribution is 2.14. The second-order valence-corrected chi connectivity index (χ2v) is 7.27. The van der Waals surface area contributed by atoms with Gasteiger partial charge in [-0.1, -0.05) is 36.4 Å². The molecule has 0 aromatic heterocycles. The summed E-state index contributed by atoms with van der Waals surface area (Å²) in [5.41, 5.74) is 3.58. The van der Waals surface area contributed by atoms with Crippen LogP contribution in [-0.2, 0) is 19.6 Å². The summed E-state index contributed by atoms with van der Waals surface area (Å²) in [6.07, 6.45) is 2.62. The van der Waals surface area contributed by atoms with E-state index in [2.05, 4.69) is 44.8 Å². The molecule has 1 fully saturated rings. The zero-order chi connectivity index (χ0) is 20.5. The van der Waals surface area contributed by atoms with E-state index in [0.29, 0.717) is 13.1 Å². The Kier molecular flexibility index (Phi) is 10.0. The highest BCUT2D eigenvalue weighted by Gasteiger charge is 2.11. The van der Waals surface area contributed by atoms with Gasteiger partial charge in [0.05, 0.1) is 11.5 Å². The zero-order valence-corrected chi connectivity index (χ0v) is 19.7. The van der Waals surface area contributed by atoms with Crippen LogP contribution in [0.3, 0.4) is 0 Å². The Morgan fingerprint density at radius 2 is 1.60 bits per heavy atom. The van der Waals surface area contributed by atoms with Crippen LogP contribution in [0.2, 0.25) is 0 Å². The predicted molar refractivity (Wildman–Crippen MR) is 131 cm³/mol. The lowest BCUT2D eigenvalue weighted by Crippen LogP contribution is -2.36. The SMILES string of the molecule is CCNC(=NCc1ccc(CN2CCCC2)cc1)NCc1ccc([N+](=O)[O-])cc1.I. The summed E-state index contributed by atoms with van der Waals surface area (Å²) in [7, 11) is 0. The molecule has 0 spiro atoms. The van der Waals surface area contributed by atoms with E-state index in [0.717, 1.165) is 24.6 Å². The van der Waals surface area contributed by atoms with Crippen molar-refractivity contribution in [2.75, 3.05) is 19.6 Å². The van der Waals surface area contributed by atoms with Crippen molar-refractivity contribution >= 4 is 35.6 Å². The number of guanidine groups is 1. The first-order chi connectivity index (χ1) is 14.1. The predicted octanol–water partition coefficient (Wildman–Crippen LogP) is 4.06. The van der Waals surface area contributed by atoms with Crippen LogP contribution in [0.5, 0.6) is 0 Å². The Morgan fingerprint density at radius 1 is 1.00 bits per heavy atom. The number of halogens is 1. The minimum absolute atomic E-state index is 0. The van der Waals surface area contributed by atoms with Gasteiger partial charge in [-0.3, -0.25) is 15.0 Å². The zero-order valence-electron chi connectivity index (χ0n) is 17.3. The van der Waals surface area contributed by atoms with Crippen LogP contribution in [0.25, 0.3) is 0 Å². The minimum Gasteiger partial charge on any atom is -0.357 e. The molecule has 0 radical (unpaired) electrons. The van der Waals surface area contributed by atoms with Crippen LogP contribution in [0.4, 0.5) is 5.69 Å².